The minimum atomic E-state index is 0.450. The summed E-state index contributed by atoms with van der Waals surface area (Å²) in [4.78, 5) is 2.42. The molecule has 1 aliphatic heterocycles. The highest BCUT2D eigenvalue weighted by molar-refractivity contribution is 5.43. The highest BCUT2D eigenvalue weighted by Gasteiger charge is 2.19. The van der Waals surface area contributed by atoms with E-state index in [1.54, 1.807) is 13.2 Å². The molecule has 0 N–H and O–H groups in total. The number of morpholine rings is 1. The largest absolute Gasteiger partial charge is 0.493 e. The Morgan fingerprint density at radius 2 is 2.30 bits per heavy atom. The number of methoxy groups -OCH3 is 1. The van der Waals surface area contributed by atoms with Gasteiger partial charge in [0.2, 0.25) is 0 Å². The zero-order valence-corrected chi connectivity index (χ0v) is 12.3. The number of rotatable bonds is 6. The third-order valence-electron chi connectivity index (χ3n) is 3.48. The van der Waals surface area contributed by atoms with Gasteiger partial charge < -0.3 is 14.2 Å². The van der Waals surface area contributed by atoms with Crippen molar-refractivity contribution in [1.29, 1.82) is 0 Å². The van der Waals surface area contributed by atoms with Crippen LogP contribution in [0.3, 0.4) is 0 Å². The smallest absolute Gasteiger partial charge is 0.161 e. The topological polar surface area (TPSA) is 30.9 Å². The standard InChI is InChI=1S/C16H23NO3/c1-4-8-20-15-6-5-14(10-16(15)18-3)11-17-7-9-19-12-13(17)2/h4-6,10,13H,1,7-9,11-12H2,2-3H3/t13-/m1/s1. The Morgan fingerprint density at radius 3 is 3.00 bits per heavy atom. The van der Waals surface area contributed by atoms with E-state index in [9.17, 15) is 0 Å². The van der Waals surface area contributed by atoms with Gasteiger partial charge in [-0.1, -0.05) is 18.7 Å². The van der Waals surface area contributed by atoms with Crippen molar-refractivity contribution >= 4 is 0 Å². The van der Waals surface area contributed by atoms with Gasteiger partial charge in [-0.3, -0.25) is 4.90 Å². The average Bonchev–Trinajstić information content (AvgIpc) is 2.48. The third-order valence-corrected chi connectivity index (χ3v) is 3.48. The molecule has 1 aromatic rings. The number of hydrogen-bond acceptors (Lipinski definition) is 4. The van der Waals surface area contributed by atoms with Crippen LogP contribution in [0, 0.1) is 0 Å². The molecule has 2 rings (SSSR count). The number of nitrogens with zero attached hydrogens (tertiary/aromatic N) is 1. The molecule has 0 amide bonds. The Bertz CT molecular complexity index is 447. The molecule has 0 saturated carbocycles. The molecule has 4 heteroatoms. The summed E-state index contributed by atoms with van der Waals surface area (Å²) in [5.41, 5.74) is 1.22. The van der Waals surface area contributed by atoms with Crippen LogP contribution in [0.4, 0.5) is 0 Å². The highest BCUT2D eigenvalue weighted by atomic mass is 16.5. The summed E-state index contributed by atoms with van der Waals surface area (Å²) in [5, 5.41) is 0. The first-order valence-corrected chi connectivity index (χ1v) is 6.97. The van der Waals surface area contributed by atoms with E-state index in [1.807, 2.05) is 12.1 Å². The molecule has 0 aliphatic carbocycles. The van der Waals surface area contributed by atoms with Gasteiger partial charge in [0, 0.05) is 19.1 Å². The van der Waals surface area contributed by atoms with Gasteiger partial charge >= 0.3 is 0 Å². The maximum absolute atomic E-state index is 5.57. The summed E-state index contributed by atoms with van der Waals surface area (Å²) < 4.78 is 16.4. The van der Waals surface area contributed by atoms with Crippen molar-refractivity contribution in [2.75, 3.05) is 33.5 Å². The van der Waals surface area contributed by atoms with Gasteiger partial charge in [0.15, 0.2) is 11.5 Å². The molecular weight excluding hydrogens is 254 g/mol. The SMILES string of the molecule is C=CCOc1ccc(CN2CCOC[C@H]2C)cc1OC. The lowest BCUT2D eigenvalue weighted by molar-refractivity contribution is -0.00439. The zero-order chi connectivity index (χ0) is 14.4. The van der Waals surface area contributed by atoms with Crippen LogP contribution in [-0.4, -0.2) is 44.4 Å². The van der Waals surface area contributed by atoms with Gasteiger partial charge in [0.1, 0.15) is 6.61 Å². The second-order valence-electron chi connectivity index (χ2n) is 4.98. The summed E-state index contributed by atoms with van der Waals surface area (Å²) in [5.74, 6) is 1.52. The van der Waals surface area contributed by atoms with E-state index < -0.39 is 0 Å². The molecule has 110 valence electrons. The van der Waals surface area contributed by atoms with Gasteiger partial charge in [-0.25, -0.2) is 0 Å². The van der Waals surface area contributed by atoms with E-state index in [1.165, 1.54) is 5.56 Å². The third kappa shape index (κ3) is 3.74. The van der Waals surface area contributed by atoms with Crippen molar-refractivity contribution in [3.05, 3.63) is 36.4 Å². The summed E-state index contributed by atoms with van der Waals surface area (Å²) in [6.45, 7) is 9.81. The van der Waals surface area contributed by atoms with Crippen LogP contribution in [0.5, 0.6) is 11.5 Å². The van der Waals surface area contributed by atoms with Crippen molar-refractivity contribution in [2.24, 2.45) is 0 Å². The fourth-order valence-corrected chi connectivity index (χ4v) is 2.31. The quantitative estimate of drug-likeness (QED) is 0.748. The van der Waals surface area contributed by atoms with Crippen molar-refractivity contribution in [3.8, 4) is 11.5 Å². The maximum atomic E-state index is 5.57. The summed E-state index contributed by atoms with van der Waals surface area (Å²) in [6, 6.07) is 6.54. The Morgan fingerprint density at radius 1 is 1.45 bits per heavy atom. The molecule has 0 unspecified atom stereocenters. The van der Waals surface area contributed by atoms with Crippen LogP contribution in [0.25, 0.3) is 0 Å². The monoisotopic (exact) mass is 277 g/mol. The minimum absolute atomic E-state index is 0.450. The highest BCUT2D eigenvalue weighted by Crippen LogP contribution is 2.29. The molecule has 0 bridgehead atoms. The van der Waals surface area contributed by atoms with Crippen molar-refractivity contribution in [1.82, 2.24) is 4.90 Å². The molecule has 4 nitrogen and oxygen atoms in total. The van der Waals surface area contributed by atoms with E-state index in [0.717, 1.165) is 37.8 Å². The molecule has 1 atom stereocenters. The lowest BCUT2D eigenvalue weighted by atomic mass is 10.1. The van der Waals surface area contributed by atoms with E-state index >= 15 is 0 Å². The van der Waals surface area contributed by atoms with Crippen LogP contribution in [0.1, 0.15) is 12.5 Å². The molecule has 1 saturated heterocycles. The molecular formula is C16H23NO3. The Kier molecular flexibility index (Phi) is 5.44. The molecule has 0 spiro atoms. The van der Waals surface area contributed by atoms with Crippen molar-refractivity contribution in [3.63, 3.8) is 0 Å². The van der Waals surface area contributed by atoms with Gasteiger partial charge in [-0.2, -0.15) is 0 Å². The summed E-state index contributed by atoms with van der Waals surface area (Å²) >= 11 is 0. The first-order chi connectivity index (χ1) is 9.74. The second kappa shape index (κ2) is 7.31. The summed E-state index contributed by atoms with van der Waals surface area (Å²) in [6.07, 6.45) is 1.72. The van der Waals surface area contributed by atoms with Crippen LogP contribution < -0.4 is 9.47 Å². The number of benzene rings is 1. The average molecular weight is 277 g/mol. The van der Waals surface area contributed by atoms with Crippen LogP contribution in [0.2, 0.25) is 0 Å². The van der Waals surface area contributed by atoms with Crippen LogP contribution >= 0.6 is 0 Å². The fraction of sp³-hybridized carbons (Fsp3) is 0.500. The van der Waals surface area contributed by atoms with Crippen molar-refractivity contribution < 1.29 is 14.2 Å². The van der Waals surface area contributed by atoms with Crippen LogP contribution in [0.15, 0.2) is 30.9 Å². The lowest BCUT2D eigenvalue weighted by Gasteiger charge is -2.33. The van der Waals surface area contributed by atoms with E-state index in [-0.39, 0.29) is 0 Å². The molecule has 1 fully saturated rings. The van der Waals surface area contributed by atoms with Gasteiger partial charge in [0.05, 0.1) is 20.3 Å². The summed E-state index contributed by atoms with van der Waals surface area (Å²) in [7, 11) is 1.66. The normalized spacial score (nSPS) is 19.6. The van der Waals surface area contributed by atoms with Gasteiger partial charge in [0.25, 0.3) is 0 Å². The Hall–Kier alpha value is -1.52. The number of hydrogen-bond donors (Lipinski definition) is 0. The first-order valence-electron chi connectivity index (χ1n) is 6.97. The zero-order valence-electron chi connectivity index (χ0n) is 12.3. The molecule has 1 aliphatic rings. The Balaban J connectivity index is 2.06. The predicted molar refractivity (Wildman–Crippen MR) is 79.4 cm³/mol. The fourth-order valence-electron chi connectivity index (χ4n) is 2.31. The molecule has 0 radical (unpaired) electrons. The molecule has 20 heavy (non-hydrogen) atoms. The van der Waals surface area contributed by atoms with E-state index in [2.05, 4.69) is 24.5 Å². The molecule has 1 aromatic carbocycles. The van der Waals surface area contributed by atoms with E-state index in [0.29, 0.717) is 12.6 Å². The first kappa shape index (κ1) is 14.9. The lowest BCUT2D eigenvalue weighted by Crippen LogP contribution is -2.42. The molecule has 0 aromatic heterocycles. The minimum Gasteiger partial charge on any atom is -0.493 e. The van der Waals surface area contributed by atoms with Crippen LogP contribution in [-0.2, 0) is 11.3 Å². The predicted octanol–water partition coefficient (Wildman–Crippen LogP) is 2.48. The van der Waals surface area contributed by atoms with Gasteiger partial charge in [-0.05, 0) is 24.6 Å². The van der Waals surface area contributed by atoms with E-state index in [4.69, 9.17) is 14.2 Å². The Labute approximate surface area is 120 Å². The van der Waals surface area contributed by atoms with Gasteiger partial charge in [-0.15, -0.1) is 0 Å². The van der Waals surface area contributed by atoms with Crippen molar-refractivity contribution in [2.45, 2.75) is 19.5 Å². The number of ether oxygens (including phenoxy) is 3. The maximum Gasteiger partial charge on any atom is 0.161 e. The molecule has 1 heterocycles. The second-order valence-corrected chi connectivity index (χ2v) is 4.98.